The van der Waals surface area contributed by atoms with Gasteiger partial charge in [0, 0.05) is 16.9 Å². The van der Waals surface area contributed by atoms with E-state index in [1.54, 1.807) is 30.3 Å². The van der Waals surface area contributed by atoms with Crippen LogP contribution in [0.2, 0.25) is 0 Å². The van der Waals surface area contributed by atoms with Gasteiger partial charge in [-0.15, -0.1) is 0 Å². The Morgan fingerprint density at radius 2 is 1.41 bits per heavy atom. The Morgan fingerprint density at radius 1 is 0.815 bits per heavy atom. The lowest BCUT2D eigenvalue weighted by molar-refractivity contribution is 0.102. The lowest BCUT2D eigenvalue weighted by Crippen LogP contribution is -2.14. The molecule has 3 aromatic carbocycles. The number of carbonyl (C=O) groups excluding carboxylic acids is 1. The summed E-state index contributed by atoms with van der Waals surface area (Å²) in [6.07, 6.45) is 1.76. The molecule has 3 rings (SSSR count). The van der Waals surface area contributed by atoms with Crippen LogP contribution in [0.25, 0.3) is 0 Å². The molecule has 5 nitrogen and oxygen atoms in total. The van der Waals surface area contributed by atoms with Crippen LogP contribution in [-0.2, 0) is 16.4 Å². The fourth-order valence-corrected chi connectivity index (χ4v) is 3.31. The lowest BCUT2D eigenvalue weighted by atomic mass is 9.99. The van der Waals surface area contributed by atoms with Gasteiger partial charge in [-0.05, 0) is 47.9 Å². The molecule has 27 heavy (non-hydrogen) atoms. The molecule has 0 aliphatic heterocycles. The van der Waals surface area contributed by atoms with Crippen molar-refractivity contribution in [2.75, 3.05) is 16.3 Å². The predicted molar refractivity (Wildman–Crippen MR) is 109 cm³/mol. The number of sulfonamides is 1. The first kappa shape index (κ1) is 18.7. The number of amides is 1. The highest BCUT2D eigenvalue weighted by atomic mass is 32.2. The second-order valence-corrected chi connectivity index (χ2v) is 7.97. The van der Waals surface area contributed by atoms with Crippen LogP contribution in [-0.4, -0.2) is 20.6 Å². The van der Waals surface area contributed by atoms with E-state index in [-0.39, 0.29) is 5.91 Å². The van der Waals surface area contributed by atoms with Crippen LogP contribution in [0.15, 0.2) is 78.9 Å². The molecule has 3 aromatic rings. The minimum atomic E-state index is -3.33. The van der Waals surface area contributed by atoms with E-state index in [0.29, 0.717) is 23.4 Å². The van der Waals surface area contributed by atoms with Crippen LogP contribution in [0, 0.1) is 0 Å². The molecular weight excluding hydrogens is 360 g/mol. The third-order valence-corrected chi connectivity index (χ3v) is 4.55. The molecule has 0 aromatic heterocycles. The van der Waals surface area contributed by atoms with Gasteiger partial charge in [-0.3, -0.25) is 9.52 Å². The van der Waals surface area contributed by atoms with Crippen LogP contribution in [0.1, 0.15) is 21.5 Å². The molecule has 6 heteroatoms. The first-order chi connectivity index (χ1) is 12.9. The maximum atomic E-state index is 12.7. The molecule has 2 N–H and O–H groups in total. The van der Waals surface area contributed by atoms with Crippen molar-refractivity contribution in [2.24, 2.45) is 0 Å². The minimum absolute atomic E-state index is 0.203. The number of nitrogens with one attached hydrogen (secondary N) is 2. The molecule has 0 aliphatic carbocycles. The van der Waals surface area contributed by atoms with E-state index in [9.17, 15) is 13.2 Å². The quantitative estimate of drug-likeness (QED) is 0.681. The molecule has 138 valence electrons. The Bertz CT molecular complexity index is 1030. The maximum absolute atomic E-state index is 12.7. The summed E-state index contributed by atoms with van der Waals surface area (Å²) in [5.74, 6) is -0.203. The Hall–Kier alpha value is -3.12. The summed E-state index contributed by atoms with van der Waals surface area (Å²) in [5.41, 5.74) is 3.72. The van der Waals surface area contributed by atoms with Gasteiger partial charge < -0.3 is 5.32 Å². The van der Waals surface area contributed by atoms with Crippen molar-refractivity contribution in [1.82, 2.24) is 0 Å². The molecule has 0 saturated carbocycles. The number of carbonyl (C=O) groups is 1. The fourth-order valence-electron chi connectivity index (χ4n) is 2.75. The molecular formula is C21H20N2O3S. The van der Waals surface area contributed by atoms with E-state index in [1.165, 1.54) is 0 Å². The number of rotatable bonds is 6. The highest BCUT2D eigenvalue weighted by molar-refractivity contribution is 7.92. The molecule has 1 amide bonds. The number of anilines is 2. The second kappa shape index (κ2) is 8.05. The zero-order chi connectivity index (χ0) is 19.3. The van der Waals surface area contributed by atoms with E-state index < -0.39 is 10.0 Å². The smallest absolute Gasteiger partial charge is 0.255 e. The van der Waals surface area contributed by atoms with Crippen molar-refractivity contribution >= 4 is 27.3 Å². The summed E-state index contributed by atoms with van der Waals surface area (Å²) in [7, 11) is -3.33. The summed E-state index contributed by atoms with van der Waals surface area (Å²) in [6.45, 7) is 0. The normalized spacial score (nSPS) is 11.0. The van der Waals surface area contributed by atoms with Crippen molar-refractivity contribution in [3.63, 3.8) is 0 Å². The van der Waals surface area contributed by atoms with E-state index in [1.807, 2.05) is 48.5 Å². The van der Waals surface area contributed by atoms with Crippen LogP contribution >= 0.6 is 0 Å². The topological polar surface area (TPSA) is 75.3 Å². The predicted octanol–water partition coefficient (Wildman–Crippen LogP) is 3.90. The fraction of sp³-hybridized carbons (Fsp3) is 0.0952. The minimum Gasteiger partial charge on any atom is -0.322 e. The number of benzene rings is 3. The maximum Gasteiger partial charge on any atom is 0.255 e. The molecule has 0 saturated heterocycles. The van der Waals surface area contributed by atoms with Crippen LogP contribution < -0.4 is 10.0 Å². The Morgan fingerprint density at radius 3 is 2.07 bits per heavy atom. The molecule has 0 spiro atoms. The summed E-state index contributed by atoms with van der Waals surface area (Å²) in [4.78, 5) is 12.7. The third kappa shape index (κ3) is 5.43. The highest BCUT2D eigenvalue weighted by Crippen LogP contribution is 2.18. The van der Waals surface area contributed by atoms with E-state index in [4.69, 9.17) is 0 Å². The highest BCUT2D eigenvalue weighted by Gasteiger charge is 2.12. The Kier molecular flexibility index (Phi) is 5.57. The average Bonchev–Trinajstić information content (AvgIpc) is 2.63. The monoisotopic (exact) mass is 380 g/mol. The van der Waals surface area contributed by atoms with Crippen molar-refractivity contribution in [2.45, 2.75) is 6.42 Å². The van der Waals surface area contributed by atoms with Crippen molar-refractivity contribution in [3.8, 4) is 0 Å². The van der Waals surface area contributed by atoms with Gasteiger partial charge in [0.2, 0.25) is 10.0 Å². The molecule has 0 heterocycles. The lowest BCUT2D eigenvalue weighted by Gasteiger charge is -2.11. The van der Waals surface area contributed by atoms with Gasteiger partial charge in [-0.25, -0.2) is 8.42 Å². The summed E-state index contributed by atoms with van der Waals surface area (Å²) in [5, 5.41) is 2.86. The zero-order valence-electron chi connectivity index (χ0n) is 14.8. The summed E-state index contributed by atoms with van der Waals surface area (Å²) < 4.78 is 24.9. The second-order valence-electron chi connectivity index (χ2n) is 6.23. The molecule has 0 fully saturated rings. The van der Waals surface area contributed by atoms with E-state index >= 15 is 0 Å². The number of hydrogen-bond acceptors (Lipinski definition) is 3. The molecule has 0 bridgehead atoms. The van der Waals surface area contributed by atoms with Crippen LogP contribution in [0.3, 0.4) is 0 Å². The van der Waals surface area contributed by atoms with Gasteiger partial charge in [0.1, 0.15) is 0 Å². The largest absolute Gasteiger partial charge is 0.322 e. The van der Waals surface area contributed by atoms with Gasteiger partial charge in [0.15, 0.2) is 0 Å². The zero-order valence-corrected chi connectivity index (χ0v) is 15.7. The van der Waals surface area contributed by atoms with Gasteiger partial charge in [0.05, 0.1) is 6.26 Å². The van der Waals surface area contributed by atoms with Crippen molar-refractivity contribution < 1.29 is 13.2 Å². The first-order valence-corrected chi connectivity index (χ1v) is 10.3. The average molecular weight is 380 g/mol. The summed E-state index contributed by atoms with van der Waals surface area (Å²) in [6, 6.07) is 24.0. The standard InChI is InChI=1S/C21H20N2O3S/c1-27(25,26)23-19-13-11-18(12-14-19)22-21(24)20-10-6-5-9-17(20)15-16-7-3-2-4-8-16/h2-14,23H,15H2,1H3,(H,22,24). The van der Waals surface area contributed by atoms with Crippen LogP contribution in [0.4, 0.5) is 11.4 Å². The molecule has 0 atom stereocenters. The number of hydrogen-bond donors (Lipinski definition) is 2. The molecule has 0 unspecified atom stereocenters. The van der Waals surface area contributed by atoms with Crippen molar-refractivity contribution in [3.05, 3.63) is 95.6 Å². The SMILES string of the molecule is CS(=O)(=O)Nc1ccc(NC(=O)c2ccccc2Cc2ccccc2)cc1. The van der Waals surface area contributed by atoms with Gasteiger partial charge in [-0.1, -0.05) is 48.5 Å². The van der Waals surface area contributed by atoms with Gasteiger partial charge in [-0.2, -0.15) is 0 Å². The van der Waals surface area contributed by atoms with Crippen LogP contribution in [0.5, 0.6) is 0 Å². The van der Waals surface area contributed by atoms with E-state index in [2.05, 4.69) is 10.0 Å². The Balaban J connectivity index is 1.75. The van der Waals surface area contributed by atoms with Crippen molar-refractivity contribution in [1.29, 1.82) is 0 Å². The van der Waals surface area contributed by atoms with Gasteiger partial charge >= 0.3 is 0 Å². The molecule has 0 aliphatic rings. The Labute approximate surface area is 159 Å². The third-order valence-electron chi connectivity index (χ3n) is 3.95. The van der Waals surface area contributed by atoms with E-state index in [0.717, 1.165) is 17.4 Å². The first-order valence-electron chi connectivity index (χ1n) is 8.42. The summed E-state index contributed by atoms with van der Waals surface area (Å²) >= 11 is 0. The van der Waals surface area contributed by atoms with Gasteiger partial charge in [0.25, 0.3) is 5.91 Å². The molecule has 0 radical (unpaired) electrons.